The van der Waals surface area contributed by atoms with Crippen LogP contribution in [0.2, 0.25) is 0 Å². The molecular formula is C19H17BrF2N2O7. The van der Waals surface area contributed by atoms with Crippen molar-refractivity contribution in [3.8, 4) is 17.2 Å². The lowest BCUT2D eigenvalue weighted by atomic mass is 9.83. The van der Waals surface area contributed by atoms with Gasteiger partial charge in [0.05, 0.1) is 19.3 Å². The van der Waals surface area contributed by atoms with Gasteiger partial charge in [0.2, 0.25) is 5.91 Å². The zero-order valence-electron chi connectivity index (χ0n) is 16.0. The second-order valence-electron chi connectivity index (χ2n) is 7.40. The first-order valence-electron chi connectivity index (χ1n) is 9.10. The Bertz CT molecular complexity index is 1120. The minimum Gasteiger partial charge on any atom is -0.492 e. The maximum atomic E-state index is 13.4. The van der Waals surface area contributed by atoms with Crippen molar-refractivity contribution in [1.29, 1.82) is 0 Å². The Hall–Kier alpha value is -2.70. The molecule has 9 nitrogen and oxygen atoms in total. The van der Waals surface area contributed by atoms with E-state index in [0.29, 0.717) is 10.0 Å². The third kappa shape index (κ3) is 3.86. The van der Waals surface area contributed by atoms with Crippen LogP contribution in [0.15, 0.2) is 33.7 Å². The number of hydrogen-bond acceptors (Lipinski definition) is 7. The average molecular weight is 503 g/mol. The van der Waals surface area contributed by atoms with Crippen LogP contribution in [0.1, 0.15) is 12.5 Å². The lowest BCUT2D eigenvalue weighted by Gasteiger charge is -2.22. The molecular weight excluding hydrogens is 486 g/mol. The maximum Gasteiger partial charge on any atom is 0.586 e. The summed E-state index contributed by atoms with van der Waals surface area (Å²) in [5.41, 5.74) is -1.69. The Morgan fingerprint density at radius 3 is 2.65 bits per heavy atom. The van der Waals surface area contributed by atoms with Gasteiger partial charge in [0, 0.05) is 22.3 Å². The quantitative estimate of drug-likeness (QED) is 0.567. The molecule has 0 aliphatic carbocycles. The van der Waals surface area contributed by atoms with Gasteiger partial charge in [0.1, 0.15) is 23.5 Å². The number of alkyl halides is 2. The first-order chi connectivity index (χ1) is 14.5. The molecule has 4 rings (SSSR count). The van der Waals surface area contributed by atoms with E-state index in [2.05, 4.69) is 30.7 Å². The average Bonchev–Trinajstić information content (AvgIpc) is 3.18. The van der Waals surface area contributed by atoms with Gasteiger partial charge < -0.3 is 34.3 Å². The number of halogens is 3. The molecule has 0 spiro atoms. The molecule has 166 valence electrons. The van der Waals surface area contributed by atoms with Crippen LogP contribution in [0.4, 0.5) is 14.5 Å². The van der Waals surface area contributed by atoms with Crippen LogP contribution in [0.5, 0.6) is 17.2 Å². The van der Waals surface area contributed by atoms with E-state index in [0.717, 1.165) is 4.57 Å². The number of amides is 1. The fourth-order valence-corrected chi connectivity index (χ4v) is 3.86. The van der Waals surface area contributed by atoms with Crippen molar-refractivity contribution in [3.63, 3.8) is 0 Å². The number of carbonyl (C=O) groups excluding carboxylic acids is 1. The SMILES string of the molecule is CC1(C(=O)Nc2cc(Br)cn(C[C@@H](O)CO)c2=O)COc2cc3c(cc21)OC(F)(F)O3. The van der Waals surface area contributed by atoms with E-state index >= 15 is 0 Å². The largest absolute Gasteiger partial charge is 0.586 e. The van der Waals surface area contributed by atoms with Gasteiger partial charge in [-0.25, -0.2) is 0 Å². The van der Waals surface area contributed by atoms with E-state index in [1.54, 1.807) is 6.92 Å². The van der Waals surface area contributed by atoms with Crippen molar-refractivity contribution in [2.45, 2.75) is 31.3 Å². The molecule has 1 amide bonds. The van der Waals surface area contributed by atoms with Crippen molar-refractivity contribution in [3.05, 3.63) is 44.8 Å². The number of nitrogens with zero attached hydrogens (tertiary/aromatic N) is 1. The van der Waals surface area contributed by atoms with Gasteiger partial charge in [-0.05, 0) is 35.0 Å². The number of hydrogen-bond donors (Lipinski definition) is 3. The molecule has 0 saturated carbocycles. The van der Waals surface area contributed by atoms with Crippen LogP contribution in [-0.2, 0) is 16.8 Å². The fraction of sp³-hybridized carbons (Fsp3) is 0.368. The molecule has 3 heterocycles. The van der Waals surface area contributed by atoms with E-state index < -0.39 is 35.9 Å². The molecule has 0 bridgehead atoms. The summed E-state index contributed by atoms with van der Waals surface area (Å²) < 4.78 is 42.7. The van der Waals surface area contributed by atoms with Gasteiger partial charge in [-0.1, -0.05) is 0 Å². The Balaban J connectivity index is 1.64. The van der Waals surface area contributed by atoms with Crippen LogP contribution in [-0.4, -0.2) is 46.3 Å². The molecule has 0 saturated heterocycles. The van der Waals surface area contributed by atoms with E-state index in [1.165, 1.54) is 24.4 Å². The molecule has 1 aromatic heterocycles. The topological polar surface area (TPSA) is 119 Å². The zero-order valence-corrected chi connectivity index (χ0v) is 17.6. The molecule has 1 aromatic carbocycles. The minimum absolute atomic E-state index is 0.0773. The highest BCUT2D eigenvalue weighted by Gasteiger charge is 2.49. The number of benzene rings is 1. The van der Waals surface area contributed by atoms with E-state index in [4.69, 9.17) is 9.84 Å². The van der Waals surface area contributed by atoms with Gasteiger partial charge in [0.15, 0.2) is 11.5 Å². The lowest BCUT2D eigenvalue weighted by Crippen LogP contribution is -2.41. The molecule has 0 fully saturated rings. The van der Waals surface area contributed by atoms with Crippen molar-refractivity contribution in [2.24, 2.45) is 0 Å². The highest BCUT2D eigenvalue weighted by atomic mass is 79.9. The third-order valence-electron chi connectivity index (χ3n) is 5.03. The Morgan fingerprint density at radius 1 is 1.29 bits per heavy atom. The number of carbonyl (C=O) groups is 1. The second kappa shape index (κ2) is 7.46. The molecule has 2 aliphatic heterocycles. The Morgan fingerprint density at radius 2 is 1.97 bits per heavy atom. The minimum atomic E-state index is -3.81. The number of aliphatic hydroxyl groups is 2. The van der Waals surface area contributed by atoms with Crippen molar-refractivity contribution in [1.82, 2.24) is 4.57 Å². The van der Waals surface area contributed by atoms with Gasteiger partial charge >= 0.3 is 6.29 Å². The number of nitrogens with one attached hydrogen (secondary N) is 1. The molecule has 2 atom stereocenters. The summed E-state index contributed by atoms with van der Waals surface area (Å²) in [5.74, 6) is -0.849. The number of ether oxygens (including phenoxy) is 3. The second-order valence-corrected chi connectivity index (χ2v) is 8.32. The van der Waals surface area contributed by atoms with Crippen LogP contribution in [0, 0.1) is 0 Å². The number of pyridine rings is 1. The first kappa shape index (κ1) is 21.5. The maximum absolute atomic E-state index is 13.4. The first-order valence-corrected chi connectivity index (χ1v) is 9.89. The lowest BCUT2D eigenvalue weighted by molar-refractivity contribution is -0.286. The van der Waals surface area contributed by atoms with Crippen molar-refractivity contribution >= 4 is 27.5 Å². The summed E-state index contributed by atoms with van der Waals surface area (Å²) >= 11 is 3.23. The van der Waals surface area contributed by atoms with E-state index in [1.807, 2.05) is 0 Å². The monoisotopic (exact) mass is 502 g/mol. The predicted molar refractivity (Wildman–Crippen MR) is 106 cm³/mol. The van der Waals surface area contributed by atoms with E-state index in [-0.39, 0.29) is 36.1 Å². The molecule has 2 aromatic rings. The summed E-state index contributed by atoms with van der Waals surface area (Å²) in [5, 5.41) is 21.2. The zero-order chi connectivity index (χ0) is 22.6. The Labute approximate surface area is 182 Å². The molecule has 12 heteroatoms. The Kier molecular flexibility index (Phi) is 5.18. The van der Waals surface area contributed by atoms with Gasteiger partial charge in [0.25, 0.3) is 5.56 Å². The van der Waals surface area contributed by atoms with Crippen LogP contribution < -0.4 is 25.1 Å². The standard InChI is InChI=1S/C19H17BrF2N2O7/c1-18(8-29-13-4-15-14(3-11(13)18)30-19(21,22)31-15)17(28)23-12-2-9(20)5-24(16(12)27)6-10(26)7-25/h2-5,10,25-26H,6-8H2,1H3,(H,23,28)/t10-,18?/m1/s1. The summed E-state index contributed by atoms with van der Waals surface area (Å²) in [7, 11) is 0. The fourth-order valence-electron chi connectivity index (χ4n) is 3.39. The van der Waals surface area contributed by atoms with Crippen molar-refractivity contribution < 1.29 is 38.0 Å². The van der Waals surface area contributed by atoms with Crippen LogP contribution in [0.3, 0.4) is 0 Å². The van der Waals surface area contributed by atoms with Crippen LogP contribution in [0.25, 0.3) is 0 Å². The molecule has 2 aliphatic rings. The highest BCUT2D eigenvalue weighted by molar-refractivity contribution is 9.10. The van der Waals surface area contributed by atoms with Crippen molar-refractivity contribution in [2.75, 3.05) is 18.5 Å². The normalized spacial score (nSPS) is 21.4. The summed E-state index contributed by atoms with van der Waals surface area (Å²) in [6.45, 7) is 0.722. The van der Waals surface area contributed by atoms with Gasteiger partial charge in [-0.3, -0.25) is 9.59 Å². The molecule has 31 heavy (non-hydrogen) atoms. The van der Waals surface area contributed by atoms with E-state index in [9.17, 15) is 23.5 Å². The summed E-state index contributed by atoms with van der Waals surface area (Å²) in [4.78, 5) is 25.8. The summed E-state index contributed by atoms with van der Waals surface area (Å²) in [6, 6.07) is 3.88. The summed E-state index contributed by atoms with van der Waals surface area (Å²) in [6.07, 6.45) is -3.56. The number of aromatic nitrogens is 1. The number of fused-ring (bicyclic) bond motifs is 2. The van der Waals surface area contributed by atoms with Crippen LogP contribution >= 0.6 is 15.9 Å². The van der Waals surface area contributed by atoms with Gasteiger partial charge in [-0.2, -0.15) is 0 Å². The molecule has 0 radical (unpaired) electrons. The smallest absolute Gasteiger partial charge is 0.492 e. The predicted octanol–water partition coefficient (Wildman–Crippen LogP) is 1.57. The number of rotatable bonds is 5. The van der Waals surface area contributed by atoms with Gasteiger partial charge in [-0.15, -0.1) is 8.78 Å². The number of aliphatic hydroxyl groups excluding tert-OH is 2. The third-order valence-corrected chi connectivity index (χ3v) is 5.47. The number of anilines is 1. The molecule has 3 N–H and O–H groups in total. The molecule has 1 unspecified atom stereocenters. The highest BCUT2D eigenvalue weighted by Crippen LogP contribution is 2.49.